The molecule has 34 heavy (non-hydrogen) atoms. The molecule has 4 aromatic rings. The van der Waals surface area contributed by atoms with Crippen molar-refractivity contribution in [2.45, 2.75) is 4.90 Å². The SMILES string of the molecule is N=C(N)c1cccc(-c2nc(N)sc2C(=O)Nc2ccccc2-c2ccccc2S(N)(=O)=O)c1. The molecule has 1 aromatic heterocycles. The Balaban J connectivity index is 1.75. The molecule has 0 fully saturated rings. The molecule has 11 heteroatoms. The second-order valence-electron chi connectivity index (χ2n) is 7.27. The summed E-state index contributed by atoms with van der Waals surface area (Å²) in [5.41, 5.74) is 14.2. The Morgan fingerprint density at radius 2 is 1.65 bits per heavy atom. The topological polar surface area (TPSA) is 178 Å². The molecule has 0 radical (unpaired) electrons. The molecule has 1 heterocycles. The van der Waals surface area contributed by atoms with E-state index in [0.29, 0.717) is 33.6 Å². The van der Waals surface area contributed by atoms with Gasteiger partial charge in [-0.1, -0.05) is 65.9 Å². The van der Waals surface area contributed by atoms with Gasteiger partial charge >= 0.3 is 0 Å². The predicted molar refractivity (Wildman–Crippen MR) is 134 cm³/mol. The van der Waals surface area contributed by atoms with Crippen LogP contribution >= 0.6 is 11.3 Å². The average molecular weight is 493 g/mol. The molecule has 9 nitrogen and oxygen atoms in total. The normalized spacial score (nSPS) is 11.2. The van der Waals surface area contributed by atoms with Gasteiger partial charge in [0.15, 0.2) is 5.13 Å². The minimum atomic E-state index is -3.99. The molecule has 3 aromatic carbocycles. The molecule has 0 unspecified atom stereocenters. The lowest BCUT2D eigenvalue weighted by atomic mass is 10.0. The van der Waals surface area contributed by atoms with E-state index in [1.807, 2.05) is 0 Å². The summed E-state index contributed by atoms with van der Waals surface area (Å²) in [7, 11) is -3.99. The van der Waals surface area contributed by atoms with Crippen LogP contribution < -0.4 is 21.9 Å². The number of nitrogen functional groups attached to an aromatic ring is 2. The van der Waals surface area contributed by atoms with Gasteiger partial charge in [0.2, 0.25) is 10.0 Å². The number of nitrogens with zero attached hydrogens (tertiary/aromatic N) is 1. The number of para-hydroxylation sites is 1. The monoisotopic (exact) mass is 492 g/mol. The first-order valence-corrected chi connectivity index (χ1v) is 12.2. The number of benzene rings is 3. The van der Waals surface area contributed by atoms with Crippen molar-refractivity contribution in [3.63, 3.8) is 0 Å². The van der Waals surface area contributed by atoms with E-state index in [-0.39, 0.29) is 20.7 Å². The summed E-state index contributed by atoms with van der Waals surface area (Å²) in [6.07, 6.45) is 0. The van der Waals surface area contributed by atoms with Crippen molar-refractivity contribution in [2.24, 2.45) is 10.9 Å². The quantitative estimate of drug-likeness (QED) is 0.204. The fourth-order valence-electron chi connectivity index (χ4n) is 3.46. The maximum atomic E-state index is 13.3. The molecule has 0 aliphatic rings. The van der Waals surface area contributed by atoms with Gasteiger partial charge in [-0.25, -0.2) is 18.5 Å². The van der Waals surface area contributed by atoms with Crippen molar-refractivity contribution in [1.29, 1.82) is 5.41 Å². The zero-order chi connectivity index (χ0) is 24.5. The van der Waals surface area contributed by atoms with E-state index < -0.39 is 15.9 Å². The second-order valence-corrected chi connectivity index (χ2v) is 9.83. The van der Waals surface area contributed by atoms with E-state index in [1.165, 1.54) is 6.07 Å². The molecule has 0 spiro atoms. The van der Waals surface area contributed by atoms with Crippen LogP contribution in [0.4, 0.5) is 10.8 Å². The van der Waals surface area contributed by atoms with Crippen molar-refractivity contribution in [3.05, 3.63) is 83.2 Å². The lowest BCUT2D eigenvalue weighted by molar-refractivity contribution is 0.103. The third kappa shape index (κ3) is 4.66. The number of hydrogen-bond acceptors (Lipinski definition) is 7. The first-order valence-electron chi connectivity index (χ1n) is 9.89. The van der Waals surface area contributed by atoms with E-state index in [2.05, 4.69) is 10.3 Å². The Kier molecular flexibility index (Phi) is 6.16. The summed E-state index contributed by atoms with van der Waals surface area (Å²) in [5.74, 6) is -0.587. The highest BCUT2D eigenvalue weighted by Gasteiger charge is 2.22. The molecular formula is C23H20N6O3S2. The van der Waals surface area contributed by atoms with Crippen LogP contribution in [0.3, 0.4) is 0 Å². The first kappa shape index (κ1) is 23.1. The van der Waals surface area contributed by atoms with E-state index in [1.54, 1.807) is 66.7 Å². The lowest BCUT2D eigenvalue weighted by Crippen LogP contribution is -2.15. The minimum Gasteiger partial charge on any atom is -0.384 e. The fraction of sp³-hybridized carbons (Fsp3) is 0. The van der Waals surface area contributed by atoms with Gasteiger partial charge in [-0.2, -0.15) is 0 Å². The van der Waals surface area contributed by atoms with E-state index >= 15 is 0 Å². The largest absolute Gasteiger partial charge is 0.384 e. The van der Waals surface area contributed by atoms with Crippen LogP contribution in [0.25, 0.3) is 22.4 Å². The van der Waals surface area contributed by atoms with Gasteiger partial charge in [0.1, 0.15) is 10.7 Å². The number of thiazole rings is 1. The van der Waals surface area contributed by atoms with Crippen LogP contribution in [-0.4, -0.2) is 25.1 Å². The molecule has 0 aliphatic heterocycles. The van der Waals surface area contributed by atoms with Gasteiger partial charge in [0.25, 0.3) is 5.91 Å². The Hall–Kier alpha value is -4.06. The molecule has 0 saturated heterocycles. The number of carbonyl (C=O) groups is 1. The molecule has 0 bridgehead atoms. The third-order valence-electron chi connectivity index (χ3n) is 4.96. The van der Waals surface area contributed by atoms with E-state index in [0.717, 1.165) is 11.3 Å². The maximum absolute atomic E-state index is 13.3. The van der Waals surface area contributed by atoms with Crippen LogP contribution in [0.1, 0.15) is 15.2 Å². The molecule has 0 saturated carbocycles. The summed E-state index contributed by atoms with van der Waals surface area (Å²) in [5, 5.41) is 16.1. The van der Waals surface area contributed by atoms with Crippen LogP contribution in [-0.2, 0) is 10.0 Å². The second kappa shape index (κ2) is 9.06. The Bertz CT molecular complexity index is 1530. The van der Waals surface area contributed by atoms with Crippen molar-refractivity contribution < 1.29 is 13.2 Å². The fourth-order valence-corrected chi connectivity index (χ4v) is 4.97. The highest BCUT2D eigenvalue weighted by atomic mass is 32.2. The zero-order valence-electron chi connectivity index (χ0n) is 17.6. The summed E-state index contributed by atoms with van der Waals surface area (Å²) in [6, 6.07) is 19.9. The van der Waals surface area contributed by atoms with Crippen LogP contribution in [0.2, 0.25) is 0 Å². The number of nitrogens with one attached hydrogen (secondary N) is 2. The minimum absolute atomic E-state index is 0.0551. The van der Waals surface area contributed by atoms with Gasteiger partial charge in [0, 0.05) is 27.9 Å². The van der Waals surface area contributed by atoms with E-state index in [4.69, 9.17) is 22.0 Å². The standard InChI is InChI=1S/C23H20N6O3S2/c24-21(25)14-7-5-6-13(12-14)19-20(33-23(26)29-19)22(30)28-17-10-3-1-8-15(17)16-9-2-4-11-18(16)34(27,31)32/h1-12H,(H3,24,25)(H2,26,29)(H,28,30)(H2,27,31,32). The molecule has 8 N–H and O–H groups in total. The number of amidine groups is 1. The Labute approximate surface area is 199 Å². The number of hydrogen-bond donors (Lipinski definition) is 5. The third-order valence-corrected chi connectivity index (χ3v) is 6.81. The number of amides is 1. The molecular weight excluding hydrogens is 472 g/mol. The molecule has 1 amide bonds. The first-order chi connectivity index (χ1) is 16.1. The number of anilines is 2. The Morgan fingerprint density at radius 1 is 0.971 bits per heavy atom. The molecule has 4 rings (SSSR count). The Morgan fingerprint density at radius 3 is 2.35 bits per heavy atom. The summed E-state index contributed by atoms with van der Waals surface area (Å²) in [6.45, 7) is 0. The zero-order valence-corrected chi connectivity index (χ0v) is 19.3. The van der Waals surface area contributed by atoms with Gasteiger partial charge in [0.05, 0.1) is 10.6 Å². The van der Waals surface area contributed by atoms with E-state index in [9.17, 15) is 13.2 Å². The number of primary sulfonamides is 1. The lowest BCUT2D eigenvalue weighted by Gasteiger charge is -2.14. The summed E-state index contributed by atoms with van der Waals surface area (Å²) in [4.78, 5) is 17.8. The van der Waals surface area contributed by atoms with Crippen molar-refractivity contribution in [3.8, 4) is 22.4 Å². The van der Waals surface area contributed by atoms with Gasteiger partial charge in [-0.3, -0.25) is 10.2 Å². The van der Waals surface area contributed by atoms with Gasteiger partial charge < -0.3 is 16.8 Å². The van der Waals surface area contributed by atoms with Crippen molar-refractivity contribution in [1.82, 2.24) is 4.98 Å². The average Bonchev–Trinajstić information content (AvgIpc) is 3.21. The maximum Gasteiger partial charge on any atom is 0.268 e. The van der Waals surface area contributed by atoms with Crippen molar-refractivity contribution >= 4 is 43.9 Å². The van der Waals surface area contributed by atoms with Crippen LogP contribution in [0.15, 0.2) is 77.7 Å². The van der Waals surface area contributed by atoms with Gasteiger partial charge in [-0.05, 0) is 18.2 Å². The van der Waals surface area contributed by atoms with Crippen LogP contribution in [0, 0.1) is 5.41 Å². The molecule has 172 valence electrons. The number of sulfonamides is 1. The molecule has 0 atom stereocenters. The number of aromatic nitrogens is 1. The molecule has 0 aliphatic carbocycles. The summed E-state index contributed by atoms with van der Waals surface area (Å²) >= 11 is 1.01. The van der Waals surface area contributed by atoms with Crippen molar-refractivity contribution in [2.75, 3.05) is 11.1 Å². The number of rotatable bonds is 6. The smallest absolute Gasteiger partial charge is 0.268 e. The number of nitrogens with two attached hydrogens (primary N) is 3. The summed E-state index contributed by atoms with van der Waals surface area (Å²) < 4.78 is 24.2. The van der Waals surface area contributed by atoms with Crippen LogP contribution in [0.5, 0.6) is 0 Å². The highest BCUT2D eigenvalue weighted by Crippen LogP contribution is 2.35. The number of carbonyl (C=O) groups excluding carboxylic acids is 1. The highest BCUT2D eigenvalue weighted by molar-refractivity contribution is 7.89. The predicted octanol–water partition coefficient (Wildman–Crippen LogP) is 3.24. The van der Waals surface area contributed by atoms with Gasteiger partial charge in [-0.15, -0.1) is 0 Å².